The van der Waals surface area contributed by atoms with Crippen molar-refractivity contribution in [2.24, 2.45) is 0 Å². The molecule has 0 unspecified atom stereocenters. The molecule has 0 bridgehead atoms. The lowest BCUT2D eigenvalue weighted by molar-refractivity contribution is 0.0133. The summed E-state index contributed by atoms with van der Waals surface area (Å²) in [6.07, 6.45) is -0.237. The molecule has 6 nitrogen and oxygen atoms in total. The summed E-state index contributed by atoms with van der Waals surface area (Å²) >= 11 is 0. The molecule has 1 fully saturated rings. The Morgan fingerprint density at radius 1 is 1.22 bits per heavy atom. The van der Waals surface area contributed by atoms with Crippen LogP contribution in [0.4, 0.5) is 4.79 Å². The second kappa shape index (κ2) is 6.20. The Morgan fingerprint density at radius 2 is 1.91 bits per heavy atom. The first-order valence-corrected chi connectivity index (χ1v) is 7.95. The molecule has 1 aliphatic rings. The lowest BCUT2D eigenvalue weighted by Gasteiger charge is -2.35. The van der Waals surface area contributed by atoms with Crippen LogP contribution in [0.3, 0.4) is 0 Å². The molecule has 2 aromatic rings. The normalized spacial score (nSPS) is 16.7. The fourth-order valence-electron chi connectivity index (χ4n) is 2.59. The zero-order chi connectivity index (χ0) is 16.4. The van der Waals surface area contributed by atoms with Gasteiger partial charge in [0.1, 0.15) is 11.1 Å². The third-order valence-corrected chi connectivity index (χ3v) is 3.72. The number of hydrogen-bond acceptors (Lipinski definition) is 5. The minimum Gasteiger partial charge on any atom is -0.444 e. The van der Waals surface area contributed by atoms with Gasteiger partial charge in [0.05, 0.1) is 6.54 Å². The van der Waals surface area contributed by atoms with Crippen LogP contribution in [0, 0.1) is 0 Å². The number of amides is 1. The fourth-order valence-corrected chi connectivity index (χ4v) is 2.59. The van der Waals surface area contributed by atoms with Crippen molar-refractivity contribution in [1.82, 2.24) is 14.8 Å². The number of ether oxygens (including phenoxy) is 1. The highest BCUT2D eigenvalue weighted by atomic mass is 16.6. The minimum atomic E-state index is -0.452. The van der Waals surface area contributed by atoms with E-state index in [1.165, 1.54) is 0 Å². The van der Waals surface area contributed by atoms with Gasteiger partial charge in [-0.05, 0) is 32.9 Å². The summed E-state index contributed by atoms with van der Waals surface area (Å²) in [5.41, 5.74) is 1.25. The maximum absolute atomic E-state index is 12.1. The van der Waals surface area contributed by atoms with E-state index < -0.39 is 5.60 Å². The Kier molecular flexibility index (Phi) is 4.26. The highest BCUT2D eigenvalue weighted by molar-refractivity contribution is 5.72. The number of rotatable bonds is 2. The highest BCUT2D eigenvalue weighted by Crippen LogP contribution is 2.17. The van der Waals surface area contributed by atoms with E-state index in [9.17, 15) is 4.79 Å². The summed E-state index contributed by atoms with van der Waals surface area (Å²) in [4.78, 5) is 20.5. The summed E-state index contributed by atoms with van der Waals surface area (Å²) in [6, 6.07) is 7.76. The smallest absolute Gasteiger partial charge is 0.410 e. The SMILES string of the molecule is CC(C)(C)OC(=O)N1CCN(Cc2nc3ccccc3o2)CC1. The van der Waals surface area contributed by atoms with E-state index in [-0.39, 0.29) is 6.09 Å². The van der Waals surface area contributed by atoms with Gasteiger partial charge in [0.15, 0.2) is 5.58 Å². The molecule has 1 aliphatic heterocycles. The average Bonchev–Trinajstić information content (AvgIpc) is 2.88. The Balaban J connectivity index is 1.54. The number of benzene rings is 1. The van der Waals surface area contributed by atoms with Crippen molar-refractivity contribution in [2.45, 2.75) is 32.9 Å². The first-order chi connectivity index (χ1) is 10.9. The van der Waals surface area contributed by atoms with Gasteiger partial charge in [0, 0.05) is 26.2 Å². The van der Waals surface area contributed by atoms with E-state index in [0.717, 1.165) is 30.1 Å². The first kappa shape index (κ1) is 15.8. The summed E-state index contributed by atoms with van der Waals surface area (Å²) in [5, 5.41) is 0. The van der Waals surface area contributed by atoms with Gasteiger partial charge in [-0.1, -0.05) is 12.1 Å². The molecule has 6 heteroatoms. The standard InChI is InChI=1S/C17H23N3O3/c1-17(2,3)23-16(21)20-10-8-19(9-11-20)12-15-18-13-6-4-5-7-14(13)22-15/h4-7H,8-12H2,1-3H3. The van der Waals surface area contributed by atoms with Gasteiger partial charge in [-0.15, -0.1) is 0 Å². The number of fused-ring (bicyclic) bond motifs is 1. The maximum atomic E-state index is 12.1. The molecule has 1 aromatic heterocycles. The van der Waals surface area contributed by atoms with Gasteiger partial charge in [-0.3, -0.25) is 4.90 Å². The zero-order valence-corrected chi connectivity index (χ0v) is 13.9. The molecule has 0 saturated carbocycles. The number of piperazine rings is 1. The lowest BCUT2D eigenvalue weighted by atomic mass is 10.2. The molecule has 0 radical (unpaired) electrons. The molecular formula is C17H23N3O3. The van der Waals surface area contributed by atoms with Gasteiger partial charge in [-0.25, -0.2) is 9.78 Å². The Hall–Kier alpha value is -2.08. The van der Waals surface area contributed by atoms with Crippen molar-refractivity contribution in [3.05, 3.63) is 30.2 Å². The number of hydrogen-bond donors (Lipinski definition) is 0. The van der Waals surface area contributed by atoms with E-state index in [1.54, 1.807) is 4.90 Å². The van der Waals surface area contributed by atoms with E-state index >= 15 is 0 Å². The highest BCUT2D eigenvalue weighted by Gasteiger charge is 2.26. The Morgan fingerprint density at radius 3 is 2.57 bits per heavy atom. The number of aromatic nitrogens is 1. The van der Waals surface area contributed by atoms with Crippen LogP contribution in [0.2, 0.25) is 0 Å². The minimum absolute atomic E-state index is 0.237. The quantitative estimate of drug-likeness (QED) is 0.852. The van der Waals surface area contributed by atoms with E-state index in [1.807, 2.05) is 45.0 Å². The third kappa shape index (κ3) is 4.01. The summed E-state index contributed by atoms with van der Waals surface area (Å²) in [7, 11) is 0. The van der Waals surface area contributed by atoms with Crippen LogP contribution >= 0.6 is 0 Å². The van der Waals surface area contributed by atoms with Gasteiger partial charge in [0.2, 0.25) is 5.89 Å². The van der Waals surface area contributed by atoms with Crippen molar-refractivity contribution in [1.29, 1.82) is 0 Å². The topological polar surface area (TPSA) is 58.8 Å². The molecular weight excluding hydrogens is 294 g/mol. The average molecular weight is 317 g/mol. The van der Waals surface area contributed by atoms with Crippen molar-refractivity contribution in [3.8, 4) is 0 Å². The molecule has 0 atom stereocenters. The maximum Gasteiger partial charge on any atom is 0.410 e. The summed E-state index contributed by atoms with van der Waals surface area (Å²) < 4.78 is 11.2. The Bertz CT molecular complexity index is 649. The first-order valence-electron chi connectivity index (χ1n) is 7.95. The number of nitrogens with zero attached hydrogens (tertiary/aromatic N) is 3. The van der Waals surface area contributed by atoms with Gasteiger partial charge >= 0.3 is 6.09 Å². The molecule has 23 heavy (non-hydrogen) atoms. The van der Waals surface area contributed by atoms with Gasteiger partial charge < -0.3 is 14.1 Å². The van der Waals surface area contributed by atoms with Crippen molar-refractivity contribution in [3.63, 3.8) is 0 Å². The third-order valence-electron chi connectivity index (χ3n) is 3.72. The summed E-state index contributed by atoms with van der Waals surface area (Å²) in [5.74, 6) is 0.719. The number of carbonyl (C=O) groups excluding carboxylic acids is 1. The monoisotopic (exact) mass is 317 g/mol. The zero-order valence-electron chi connectivity index (χ0n) is 13.9. The fraction of sp³-hybridized carbons (Fsp3) is 0.529. The molecule has 1 aromatic carbocycles. The summed E-state index contributed by atoms with van der Waals surface area (Å²) in [6.45, 7) is 9.22. The molecule has 1 saturated heterocycles. The van der Waals surface area contributed by atoms with Crippen molar-refractivity contribution in [2.75, 3.05) is 26.2 Å². The molecule has 3 rings (SSSR count). The van der Waals surface area contributed by atoms with Crippen LogP contribution in [0.25, 0.3) is 11.1 Å². The van der Waals surface area contributed by atoms with Crippen LogP contribution < -0.4 is 0 Å². The van der Waals surface area contributed by atoms with Crippen molar-refractivity contribution < 1.29 is 13.9 Å². The van der Waals surface area contributed by atoms with Crippen LogP contribution in [0.15, 0.2) is 28.7 Å². The van der Waals surface area contributed by atoms with Crippen LogP contribution in [0.1, 0.15) is 26.7 Å². The molecule has 0 N–H and O–H groups in total. The molecule has 2 heterocycles. The second-order valence-corrected chi connectivity index (χ2v) is 6.82. The number of para-hydroxylation sites is 2. The van der Waals surface area contributed by atoms with Gasteiger partial charge in [-0.2, -0.15) is 0 Å². The predicted molar refractivity (Wildman–Crippen MR) is 87.1 cm³/mol. The van der Waals surface area contributed by atoms with E-state index in [2.05, 4.69) is 9.88 Å². The van der Waals surface area contributed by atoms with E-state index in [4.69, 9.17) is 9.15 Å². The van der Waals surface area contributed by atoms with Crippen molar-refractivity contribution >= 4 is 17.2 Å². The molecule has 0 aliphatic carbocycles. The van der Waals surface area contributed by atoms with Gasteiger partial charge in [0.25, 0.3) is 0 Å². The predicted octanol–water partition coefficient (Wildman–Crippen LogP) is 2.88. The van der Waals surface area contributed by atoms with Crippen LogP contribution in [-0.2, 0) is 11.3 Å². The van der Waals surface area contributed by atoms with Crippen LogP contribution in [0.5, 0.6) is 0 Å². The largest absolute Gasteiger partial charge is 0.444 e. The van der Waals surface area contributed by atoms with Crippen LogP contribution in [-0.4, -0.2) is 52.7 Å². The number of oxazole rings is 1. The van der Waals surface area contributed by atoms with E-state index in [0.29, 0.717) is 19.6 Å². The molecule has 0 spiro atoms. The molecule has 124 valence electrons. The molecule has 1 amide bonds. The lowest BCUT2D eigenvalue weighted by Crippen LogP contribution is -2.49. The Labute approximate surface area is 136 Å². The second-order valence-electron chi connectivity index (χ2n) is 6.82. The number of carbonyl (C=O) groups is 1.